The van der Waals surface area contributed by atoms with E-state index in [-0.39, 0.29) is 51.0 Å². The Balaban J connectivity index is -0.000000346. The van der Waals surface area contributed by atoms with Gasteiger partial charge in [-0.1, -0.05) is 24.3 Å². The van der Waals surface area contributed by atoms with E-state index in [9.17, 15) is 0 Å². The maximum absolute atomic E-state index is 9.11. The third kappa shape index (κ3) is 14.3. The van der Waals surface area contributed by atoms with E-state index in [2.05, 4.69) is 9.80 Å². The minimum Gasteiger partial charge on any atom is -1.00 e. The molecule has 0 unspecified atom stereocenters. The second kappa shape index (κ2) is 15.7. The first kappa shape index (κ1) is 29.2. The van der Waals surface area contributed by atoms with Gasteiger partial charge in [0.15, 0.2) is 0 Å². The molecule has 0 aromatic heterocycles. The average molecular weight is 465 g/mol. The maximum Gasteiger partial charge on any atom is 2.00 e. The predicted octanol–water partition coefficient (Wildman–Crippen LogP) is -3.09. The molecule has 0 aliphatic heterocycles. The minimum absolute atomic E-state index is 0. The molecule has 0 fully saturated rings. The van der Waals surface area contributed by atoms with Crippen LogP contribution in [-0.2, 0) is 39.3 Å². The zero-order valence-corrected chi connectivity index (χ0v) is 19.0. The summed E-state index contributed by atoms with van der Waals surface area (Å²) in [6, 6.07) is 14.6. The normalized spacial score (nSPS) is 9.20. The number of benzene rings is 2. The van der Waals surface area contributed by atoms with Crippen molar-refractivity contribution in [1.29, 1.82) is 0 Å². The van der Waals surface area contributed by atoms with Crippen LogP contribution in [0.3, 0.4) is 0 Å². The van der Waals surface area contributed by atoms with E-state index in [4.69, 9.17) is 10.2 Å². The predicted molar refractivity (Wildman–Crippen MR) is 91.0 cm³/mol. The fraction of sp³-hybridized carbons (Fsp3) is 0.333. The number of hydrogen-bond donors (Lipinski definition) is 2. The standard InChI is InChI=1S/2C9H13NO.2ClH.Zr/c2*1-10(2)7-8-4-3-5-9(11)6-8;;;/h2*3-6,11H,7H2,1-2H3;2*1H;/q;;;;+2/p-2. The first-order valence-electron chi connectivity index (χ1n) is 7.22. The monoisotopic (exact) mass is 462 g/mol. The number of phenolic OH excluding ortho intramolecular Hbond substituents is 2. The third-order valence-corrected chi connectivity index (χ3v) is 2.82. The molecular formula is C18H26Cl2N2O2Zr. The van der Waals surface area contributed by atoms with Gasteiger partial charge in [-0.25, -0.2) is 0 Å². The van der Waals surface area contributed by atoms with Gasteiger partial charge in [0.2, 0.25) is 0 Å². The van der Waals surface area contributed by atoms with Crippen LogP contribution >= 0.6 is 0 Å². The first-order valence-corrected chi connectivity index (χ1v) is 7.22. The Bertz CT molecular complexity index is 533. The van der Waals surface area contributed by atoms with Gasteiger partial charge in [-0.15, -0.1) is 0 Å². The molecule has 0 saturated heterocycles. The van der Waals surface area contributed by atoms with Crippen LogP contribution in [0.5, 0.6) is 11.5 Å². The molecule has 2 rings (SSSR count). The largest absolute Gasteiger partial charge is 2.00 e. The van der Waals surface area contributed by atoms with Crippen LogP contribution < -0.4 is 24.8 Å². The fourth-order valence-corrected chi connectivity index (χ4v) is 2.04. The van der Waals surface area contributed by atoms with E-state index in [0.29, 0.717) is 11.5 Å². The molecule has 0 atom stereocenters. The van der Waals surface area contributed by atoms with Crippen molar-refractivity contribution in [1.82, 2.24) is 9.80 Å². The molecule has 0 amide bonds. The van der Waals surface area contributed by atoms with Crippen molar-refractivity contribution in [2.45, 2.75) is 13.1 Å². The van der Waals surface area contributed by atoms with Gasteiger partial charge in [0.25, 0.3) is 0 Å². The van der Waals surface area contributed by atoms with E-state index in [0.717, 1.165) is 24.2 Å². The number of hydrogen-bond acceptors (Lipinski definition) is 4. The van der Waals surface area contributed by atoms with E-state index >= 15 is 0 Å². The van der Waals surface area contributed by atoms with Crippen LogP contribution in [0, 0.1) is 0 Å². The molecule has 0 heterocycles. The molecule has 4 nitrogen and oxygen atoms in total. The molecule has 2 aromatic rings. The van der Waals surface area contributed by atoms with E-state index in [1.54, 1.807) is 24.3 Å². The molecule has 0 aliphatic carbocycles. The smallest absolute Gasteiger partial charge is 1.00 e. The molecule has 0 aliphatic rings. The second-order valence-electron chi connectivity index (χ2n) is 5.82. The summed E-state index contributed by atoms with van der Waals surface area (Å²) in [7, 11) is 8.02. The van der Waals surface area contributed by atoms with Crippen molar-refractivity contribution in [3.05, 3.63) is 59.7 Å². The topological polar surface area (TPSA) is 46.9 Å². The summed E-state index contributed by atoms with van der Waals surface area (Å²) in [4.78, 5) is 4.13. The number of halogens is 2. The van der Waals surface area contributed by atoms with E-state index < -0.39 is 0 Å². The number of aromatic hydroxyl groups is 2. The molecule has 0 saturated carbocycles. The number of nitrogens with zero attached hydrogens (tertiary/aromatic N) is 2. The molecule has 2 aromatic carbocycles. The van der Waals surface area contributed by atoms with Gasteiger partial charge < -0.3 is 44.8 Å². The summed E-state index contributed by atoms with van der Waals surface area (Å²) in [5, 5.41) is 18.2. The maximum atomic E-state index is 9.11. The SMILES string of the molecule is CN(C)Cc1cccc(O)c1.CN(C)Cc1cccc(O)c1.[Cl-].[Cl-].[Zr+2]. The molecule has 7 heteroatoms. The zero-order valence-electron chi connectivity index (χ0n) is 15.1. The number of phenols is 2. The van der Waals surface area contributed by atoms with E-state index in [1.165, 1.54) is 0 Å². The summed E-state index contributed by atoms with van der Waals surface area (Å²) in [6.07, 6.45) is 0. The van der Waals surface area contributed by atoms with Gasteiger partial charge in [0.05, 0.1) is 0 Å². The average Bonchev–Trinajstić information content (AvgIpc) is 2.37. The molecule has 0 radical (unpaired) electrons. The second-order valence-corrected chi connectivity index (χ2v) is 5.82. The minimum atomic E-state index is 0. The Morgan fingerprint density at radius 3 is 1.24 bits per heavy atom. The zero-order chi connectivity index (χ0) is 16.5. The molecule has 0 spiro atoms. The quantitative estimate of drug-likeness (QED) is 0.504. The Labute approximate surface area is 182 Å². The molecule has 25 heavy (non-hydrogen) atoms. The van der Waals surface area contributed by atoms with E-state index in [1.807, 2.05) is 52.5 Å². The van der Waals surface area contributed by atoms with Crippen LogP contribution in [0.1, 0.15) is 11.1 Å². The van der Waals surface area contributed by atoms with Crippen molar-refractivity contribution in [2.24, 2.45) is 0 Å². The van der Waals surface area contributed by atoms with Gasteiger partial charge >= 0.3 is 26.2 Å². The van der Waals surface area contributed by atoms with Crippen LogP contribution in [0.25, 0.3) is 0 Å². The summed E-state index contributed by atoms with van der Waals surface area (Å²) in [5.74, 6) is 0.675. The first-order chi connectivity index (χ1) is 10.4. The summed E-state index contributed by atoms with van der Waals surface area (Å²) in [6.45, 7) is 1.74. The Kier molecular flexibility index (Phi) is 18.3. The van der Waals surface area contributed by atoms with Crippen LogP contribution in [0.15, 0.2) is 48.5 Å². The van der Waals surface area contributed by atoms with Gasteiger partial charge in [-0.3, -0.25) is 0 Å². The van der Waals surface area contributed by atoms with Crippen molar-refractivity contribution >= 4 is 0 Å². The van der Waals surface area contributed by atoms with Gasteiger partial charge in [0.1, 0.15) is 11.5 Å². The van der Waals surface area contributed by atoms with Crippen LogP contribution in [0.4, 0.5) is 0 Å². The van der Waals surface area contributed by atoms with Gasteiger partial charge in [0, 0.05) is 13.1 Å². The third-order valence-electron chi connectivity index (χ3n) is 2.82. The summed E-state index contributed by atoms with van der Waals surface area (Å²) < 4.78 is 0. The molecule has 0 bridgehead atoms. The molecule has 2 N–H and O–H groups in total. The molecule has 138 valence electrons. The van der Waals surface area contributed by atoms with Crippen molar-refractivity contribution in [2.75, 3.05) is 28.2 Å². The Morgan fingerprint density at radius 2 is 1.00 bits per heavy atom. The van der Waals surface area contributed by atoms with Crippen molar-refractivity contribution in [3.63, 3.8) is 0 Å². The summed E-state index contributed by atoms with van der Waals surface area (Å²) >= 11 is 0. The molecular weight excluding hydrogens is 438 g/mol. The van der Waals surface area contributed by atoms with Crippen molar-refractivity contribution < 1.29 is 61.2 Å². The number of rotatable bonds is 4. The van der Waals surface area contributed by atoms with Crippen LogP contribution in [-0.4, -0.2) is 48.2 Å². The van der Waals surface area contributed by atoms with Gasteiger partial charge in [-0.2, -0.15) is 0 Å². The fourth-order valence-electron chi connectivity index (χ4n) is 2.04. The Morgan fingerprint density at radius 1 is 0.680 bits per heavy atom. The van der Waals surface area contributed by atoms with Gasteiger partial charge in [-0.05, 0) is 63.6 Å². The summed E-state index contributed by atoms with van der Waals surface area (Å²) in [5.41, 5.74) is 2.27. The van der Waals surface area contributed by atoms with Crippen molar-refractivity contribution in [3.8, 4) is 11.5 Å². The Hall–Kier alpha value is -0.577. The van der Waals surface area contributed by atoms with Crippen LogP contribution in [0.2, 0.25) is 0 Å².